The number of aliphatic imine (C=N–C) groups is 1. The molecule has 2 rings (SSSR count). The molecule has 0 spiro atoms. The minimum absolute atomic E-state index is 0. The average molecular weight is 475 g/mol. The lowest BCUT2D eigenvalue weighted by molar-refractivity contribution is 0.0367. The summed E-state index contributed by atoms with van der Waals surface area (Å²) in [5, 5.41) is 16.9. The van der Waals surface area contributed by atoms with Crippen molar-refractivity contribution >= 4 is 29.9 Å². The van der Waals surface area contributed by atoms with Crippen LogP contribution in [-0.4, -0.2) is 36.4 Å². The Kier molecular flexibility index (Phi) is 10.3. The molecule has 1 aromatic carbocycles. The molecule has 5 nitrogen and oxygen atoms in total. The van der Waals surface area contributed by atoms with Crippen molar-refractivity contribution < 1.29 is 9.84 Å². The minimum Gasteiger partial charge on any atom is -0.493 e. The molecule has 0 heterocycles. The smallest absolute Gasteiger partial charge is 0.191 e. The number of nitrogens with zero attached hydrogens (tertiary/aromatic N) is 1. The van der Waals surface area contributed by atoms with Crippen molar-refractivity contribution in [1.29, 1.82) is 0 Å². The van der Waals surface area contributed by atoms with Crippen molar-refractivity contribution in [2.45, 2.75) is 58.6 Å². The second-order valence-corrected chi connectivity index (χ2v) is 6.84. The Hall–Kier alpha value is -1.02. The number of hydrogen-bond donors (Lipinski definition) is 3. The fraction of sp³-hybridized carbons (Fsp3) is 0.650. The number of halogens is 1. The van der Waals surface area contributed by atoms with Crippen LogP contribution in [0.4, 0.5) is 0 Å². The monoisotopic (exact) mass is 475 g/mol. The van der Waals surface area contributed by atoms with Gasteiger partial charge in [-0.1, -0.05) is 32.0 Å². The van der Waals surface area contributed by atoms with E-state index in [4.69, 9.17) is 4.74 Å². The topological polar surface area (TPSA) is 65.9 Å². The van der Waals surface area contributed by atoms with E-state index in [9.17, 15) is 5.11 Å². The van der Waals surface area contributed by atoms with E-state index in [0.717, 1.165) is 36.3 Å². The number of benzene rings is 1. The predicted octanol–water partition coefficient (Wildman–Crippen LogP) is 3.70. The van der Waals surface area contributed by atoms with Crippen LogP contribution in [0.25, 0.3) is 0 Å². The van der Waals surface area contributed by atoms with Gasteiger partial charge in [-0.2, -0.15) is 0 Å². The van der Waals surface area contributed by atoms with Crippen LogP contribution in [-0.2, 0) is 6.54 Å². The van der Waals surface area contributed by atoms with Crippen molar-refractivity contribution in [3.8, 4) is 5.75 Å². The van der Waals surface area contributed by atoms with E-state index in [0.29, 0.717) is 25.9 Å². The van der Waals surface area contributed by atoms with Crippen LogP contribution in [0, 0.1) is 5.92 Å². The van der Waals surface area contributed by atoms with Crippen LogP contribution in [0.1, 0.15) is 52.0 Å². The van der Waals surface area contributed by atoms with Crippen molar-refractivity contribution in [2.75, 3.05) is 19.7 Å². The molecular weight excluding hydrogens is 441 g/mol. The molecule has 1 aromatic rings. The highest BCUT2D eigenvalue weighted by molar-refractivity contribution is 14.0. The summed E-state index contributed by atoms with van der Waals surface area (Å²) in [7, 11) is 0. The summed E-state index contributed by atoms with van der Waals surface area (Å²) in [6, 6.07) is 8.09. The maximum Gasteiger partial charge on any atom is 0.191 e. The van der Waals surface area contributed by atoms with E-state index in [1.807, 2.05) is 39.0 Å². The molecule has 3 N–H and O–H groups in total. The molecule has 0 aromatic heterocycles. The molecule has 0 bridgehead atoms. The van der Waals surface area contributed by atoms with Gasteiger partial charge in [-0.25, -0.2) is 4.99 Å². The molecule has 6 heteroatoms. The highest BCUT2D eigenvalue weighted by atomic mass is 127. The third-order valence-corrected chi connectivity index (χ3v) is 4.80. The second kappa shape index (κ2) is 11.6. The van der Waals surface area contributed by atoms with Gasteiger partial charge in [0, 0.05) is 18.7 Å². The summed E-state index contributed by atoms with van der Waals surface area (Å²) in [5.74, 6) is 2.38. The molecule has 26 heavy (non-hydrogen) atoms. The van der Waals surface area contributed by atoms with Gasteiger partial charge >= 0.3 is 0 Å². The number of nitrogens with one attached hydrogen (secondary N) is 2. The normalized spacial score (nSPS) is 14.5. The number of rotatable bonds is 10. The van der Waals surface area contributed by atoms with Crippen LogP contribution >= 0.6 is 24.0 Å². The highest BCUT2D eigenvalue weighted by Gasteiger charge is 2.23. The zero-order valence-corrected chi connectivity index (χ0v) is 18.6. The fourth-order valence-corrected chi connectivity index (χ4v) is 2.52. The molecule has 0 amide bonds. The second-order valence-electron chi connectivity index (χ2n) is 6.84. The summed E-state index contributed by atoms with van der Waals surface area (Å²) in [6.45, 7) is 8.67. The number of hydrogen-bond acceptors (Lipinski definition) is 3. The van der Waals surface area contributed by atoms with Crippen molar-refractivity contribution in [2.24, 2.45) is 10.9 Å². The SMILES string of the molecule is CCNC(=NCc1ccccc1OCC1CC1)NCC(O)(CC)CC.I. The highest BCUT2D eigenvalue weighted by Crippen LogP contribution is 2.30. The van der Waals surface area contributed by atoms with Gasteiger partial charge in [0.1, 0.15) is 5.75 Å². The maximum absolute atomic E-state index is 10.4. The van der Waals surface area contributed by atoms with Gasteiger partial charge in [0.2, 0.25) is 0 Å². The lowest BCUT2D eigenvalue weighted by Gasteiger charge is -2.26. The van der Waals surface area contributed by atoms with Crippen LogP contribution < -0.4 is 15.4 Å². The molecule has 0 unspecified atom stereocenters. The zero-order chi connectivity index (χ0) is 18.1. The summed E-state index contributed by atoms with van der Waals surface area (Å²) in [5.41, 5.74) is 0.392. The summed E-state index contributed by atoms with van der Waals surface area (Å²) in [4.78, 5) is 4.66. The van der Waals surface area contributed by atoms with E-state index in [1.54, 1.807) is 0 Å². The molecule has 1 aliphatic carbocycles. The van der Waals surface area contributed by atoms with Gasteiger partial charge in [0.25, 0.3) is 0 Å². The number of aliphatic hydroxyl groups is 1. The van der Waals surface area contributed by atoms with Gasteiger partial charge in [-0.15, -0.1) is 24.0 Å². The predicted molar refractivity (Wildman–Crippen MR) is 118 cm³/mol. The molecule has 0 radical (unpaired) electrons. The molecule has 0 saturated heterocycles. The first-order chi connectivity index (χ1) is 12.1. The van der Waals surface area contributed by atoms with Crippen molar-refractivity contribution in [3.05, 3.63) is 29.8 Å². The third-order valence-electron chi connectivity index (χ3n) is 4.80. The number of ether oxygens (including phenoxy) is 1. The Morgan fingerprint density at radius 1 is 1.19 bits per heavy atom. The summed E-state index contributed by atoms with van der Waals surface area (Å²) in [6.07, 6.45) is 4.00. The molecular formula is C20H34IN3O2. The van der Waals surface area contributed by atoms with Crippen LogP contribution in [0.3, 0.4) is 0 Å². The van der Waals surface area contributed by atoms with Crippen molar-refractivity contribution in [1.82, 2.24) is 10.6 Å². The lowest BCUT2D eigenvalue weighted by atomic mass is 9.98. The summed E-state index contributed by atoms with van der Waals surface area (Å²) >= 11 is 0. The van der Waals surface area contributed by atoms with Crippen LogP contribution in [0.2, 0.25) is 0 Å². The fourth-order valence-electron chi connectivity index (χ4n) is 2.52. The van der Waals surface area contributed by atoms with Gasteiger partial charge < -0.3 is 20.5 Å². The van der Waals surface area contributed by atoms with Gasteiger partial charge in [-0.3, -0.25) is 0 Å². The summed E-state index contributed by atoms with van der Waals surface area (Å²) < 4.78 is 5.95. The van der Waals surface area contributed by atoms with E-state index in [-0.39, 0.29) is 24.0 Å². The van der Waals surface area contributed by atoms with Crippen LogP contribution in [0.15, 0.2) is 29.3 Å². The lowest BCUT2D eigenvalue weighted by Crippen LogP contribution is -2.46. The number of para-hydroxylation sites is 1. The standard InChI is InChI=1S/C20H33N3O2.HI/c1-4-20(24,5-2)15-23-19(21-6-3)22-13-17-9-7-8-10-18(17)25-14-16-11-12-16;/h7-10,16,24H,4-6,11-15H2,1-3H3,(H2,21,22,23);1H. The molecule has 0 atom stereocenters. The molecule has 148 valence electrons. The molecule has 0 aliphatic heterocycles. The maximum atomic E-state index is 10.4. The Bertz CT molecular complexity index is 558. The van der Waals surface area contributed by atoms with E-state index in [1.165, 1.54) is 12.8 Å². The van der Waals surface area contributed by atoms with E-state index >= 15 is 0 Å². The average Bonchev–Trinajstić information content (AvgIpc) is 3.47. The molecule has 1 fully saturated rings. The van der Waals surface area contributed by atoms with E-state index < -0.39 is 5.60 Å². The Morgan fingerprint density at radius 3 is 2.50 bits per heavy atom. The molecule has 1 aliphatic rings. The quantitative estimate of drug-likeness (QED) is 0.274. The largest absolute Gasteiger partial charge is 0.493 e. The van der Waals surface area contributed by atoms with E-state index in [2.05, 4.69) is 21.7 Å². The zero-order valence-electron chi connectivity index (χ0n) is 16.3. The first-order valence-electron chi connectivity index (χ1n) is 9.55. The van der Waals surface area contributed by atoms with Gasteiger partial charge in [0.05, 0.1) is 18.8 Å². The molecule has 1 saturated carbocycles. The van der Waals surface area contributed by atoms with Gasteiger partial charge in [-0.05, 0) is 44.6 Å². The minimum atomic E-state index is -0.693. The Balaban J connectivity index is 0.00000338. The first kappa shape index (κ1) is 23.0. The van der Waals surface area contributed by atoms with Gasteiger partial charge in [0.15, 0.2) is 5.96 Å². The van der Waals surface area contributed by atoms with Crippen LogP contribution in [0.5, 0.6) is 5.75 Å². The number of guanidine groups is 1. The Morgan fingerprint density at radius 2 is 1.88 bits per heavy atom. The third kappa shape index (κ3) is 7.70. The Labute approximate surface area is 175 Å². The first-order valence-corrected chi connectivity index (χ1v) is 9.55. The van der Waals surface area contributed by atoms with Crippen molar-refractivity contribution in [3.63, 3.8) is 0 Å².